The molecule has 1 N–H and O–H groups in total. The van der Waals surface area contributed by atoms with E-state index in [0.717, 1.165) is 28.0 Å². The Balaban J connectivity index is 2.09. The Morgan fingerprint density at radius 1 is 1.11 bits per heavy atom. The molecule has 94 valence electrons. The molecular weight excluding hydrogens is 290 g/mol. The molecule has 0 aromatic heterocycles. The van der Waals surface area contributed by atoms with Gasteiger partial charge in [-0.25, -0.2) is 0 Å². The van der Waals surface area contributed by atoms with Crippen LogP contribution < -0.4 is 10.1 Å². The van der Waals surface area contributed by atoms with E-state index >= 15 is 0 Å². The highest BCUT2D eigenvalue weighted by atomic mass is 79.9. The van der Waals surface area contributed by atoms with Gasteiger partial charge in [0.25, 0.3) is 0 Å². The molecule has 0 bridgehead atoms. The van der Waals surface area contributed by atoms with E-state index < -0.39 is 0 Å². The third kappa shape index (κ3) is 3.26. The van der Waals surface area contributed by atoms with Gasteiger partial charge in [-0.3, -0.25) is 0 Å². The molecule has 0 unspecified atom stereocenters. The average Bonchev–Trinajstić information content (AvgIpc) is 2.38. The maximum Gasteiger partial charge on any atom is 0.123 e. The fraction of sp³-hybridized carbons (Fsp3) is 0.200. The van der Waals surface area contributed by atoms with Crippen molar-refractivity contribution in [3.63, 3.8) is 0 Å². The number of rotatable bonds is 4. The fourth-order valence-electron chi connectivity index (χ4n) is 1.75. The Kier molecular flexibility index (Phi) is 4.26. The van der Waals surface area contributed by atoms with Gasteiger partial charge in [0, 0.05) is 22.3 Å². The van der Waals surface area contributed by atoms with Crippen molar-refractivity contribution in [2.24, 2.45) is 0 Å². The van der Waals surface area contributed by atoms with Crippen molar-refractivity contribution >= 4 is 21.6 Å². The first-order chi connectivity index (χ1) is 8.69. The van der Waals surface area contributed by atoms with Crippen LogP contribution in [0.3, 0.4) is 0 Å². The predicted molar refractivity (Wildman–Crippen MR) is 79.2 cm³/mol. The molecule has 0 heterocycles. The highest BCUT2D eigenvalue weighted by Gasteiger charge is 2.03. The van der Waals surface area contributed by atoms with Gasteiger partial charge in [-0.1, -0.05) is 33.6 Å². The van der Waals surface area contributed by atoms with E-state index in [1.807, 2.05) is 12.1 Å². The first-order valence-electron chi connectivity index (χ1n) is 5.82. The van der Waals surface area contributed by atoms with Gasteiger partial charge < -0.3 is 10.1 Å². The van der Waals surface area contributed by atoms with Gasteiger partial charge in [-0.2, -0.15) is 0 Å². The smallest absolute Gasteiger partial charge is 0.123 e. The van der Waals surface area contributed by atoms with Crippen LogP contribution in [-0.4, -0.2) is 7.11 Å². The highest BCUT2D eigenvalue weighted by molar-refractivity contribution is 9.10. The fourth-order valence-corrected chi connectivity index (χ4v) is 2.16. The Morgan fingerprint density at radius 2 is 1.83 bits per heavy atom. The molecule has 0 radical (unpaired) electrons. The van der Waals surface area contributed by atoms with Gasteiger partial charge in [-0.05, 0) is 37.3 Å². The van der Waals surface area contributed by atoms with E-state index in [-0.39, 0.29) is 0 Å². The van der Waals surface area contributed by atoms with E-state index in [1.165, 1.54) is 5.56 Å². The summed E-state index contributed by atoms with van der Waals surface area (Å²) in [5.41, 5.74) is 3.51. The molecule has 2 nitrogen and oxygen atoms in total. The molecule has 0 fully saturated rings. The molecule has 3 heteroatoms. The summed E-state index contributed by atoms with van der Waals surface area (Å²) in [6.07, 6.45) is 0. The summed E-state index contributed by atoms with van der Waals surface area (Å²) in [5, 5.41) is 3.39. The SMILES string of the molecule is COc1ccc(Br)cc1CNc1ccc(C)cc1. The van der Waals surface area contributed by atoms with Gasteiger partial charge in [-0.15, -0.1) is 0 Å². The number of methoxy groups -OCH3 is 1. The minimum absolute atomic E-state index is 0.742. The predicted octanol–water partition coefficient (Wildman–Crippen LogP) is 4.38. The van der Waals surface area contributed by atoms with Crippen molar-refractivity contribution in [1.82, 2.24) is 0 Å². The summed E-state index contributed by atoms with van der Waals surface area (Å²) in [7, 11) is 1.69. The third-order valence-corrected chi connectivity index (χ3v) is 3.27. The maximum atomic E-state index is 5.35. The van der Waals surface area contributed by atoms with Crippen LogP contribution in [0.25, 0.3) is 0 Å². The molecule has 18 heavy (non-hydrogen) atoms. The average molecular weight is 306 g/mol. The summed E-state index contributed by atoms with van der Waals surface area (Å²) in [6, 6.07) is 14.4. The number of hydrogen-bond acceptors (Lipinski definition) is 2. The zero-order valence-electron chi connectivity index (χ0n) is 10.5. The summed E-state index contributed by atoms with van der Waals surface area (Å²) in [6.45, 7) is 2.83. The van der Waals surface area contributed by atoms with Crippen molar-refractivity contribution in [1.29, 1.82) is 0 Å². The number of benzene rings is 2. The van der Waals surface area contributed by atoms with Crippen LogP contribution in [-0.2, 0) is 6.54 Å². The summed E-state index contributed by atoms with van der Waals surface area (Å²) in [5.74, 6) is 0.901. The van der Waals surface area contributed by atoms with Gasteiger partial charge >= 0.3 is 0 Å². The Morgan fingerprint density at radius 3 is 2.50 bits per heavy atom. The molecular formula is C15H16BrNO. The number of ether oxygens (including phenoxy) is 1. The van der Waals surface area contributed by atoms with Crippen molar-refractivity contribution in [3.05, 3.63) is 58.1 Å². The first kappa shape index (κ1) is 13.0. The lowest BCUT2D eigenvalue weighted by atomic mass is 10.2. The van der Waals surface area contributed by atoms with Crippen molar-refractivity contribution in [3.8, 4) is 5.75 Å². The normalized spacial score (nSPS) is 10.2. The Bertz CT molecular complexity index is 523. The third-order valence-electron chi connectivity index (χ3n) is 2.78. The molecule has 0 amide bonds. The van der Waals surface area contributed by atoms with Crippen LogP contribution in [0.15, 0.2) is 46.9 Å². The second-order valence-corrected chi connectivity index (χ2v) is 5.09. The van der Waals surface area contributed by atoms with E-state index in [9.17, 15) is 0 Å². The zero-order valence-corrected chi connectivity index (χ0v) is 12.1. The molecule has 0 aliphatic rings. The number of hydrogen-bond donors (Lipinski definition) is 1. The molecule has 2 rings (SSSR count). The quantitative estimate of drug-likeness (QED) is 0.905. The molecule has 2 aromatic rings. The van der Waals surface area contributed by atoms with E-state index in [2.05, 4.69) is 58.5 Å². The molecule has 0 spiro atoms. The lowest BCUT2D eigenvalue weighted by molar-refractivity contribution is 0.410. The van der Waals surface area contributed by atoms with Gasteiger partial charge in [0.05, 0.1) is 7.11 Å². The summed E-state index contributed by atoms with van der Waals surface area (Å²) < 4.78 is 6.41. The van der Waals surface area contributed by atoms with Crippen LogP contribution in [0.2, 0.25) is 0 Å². The molecule has 2 aromatic carbocycles. The van der Waals surface area contributed by atoms with Crippen molar-refractivity contribution in [2.45, 2.75) is 13.5 Å². The standard InChI is InChI=1S/C15H16BrNO/c1-11-3-6-14(7-4-11)17-10-12-9-13(16)5-8-15(12)18-2/h3-9,17H,10H2,1-2H3. The molecule has 0 aliphatic heterocycles. The van der Waals surface area contributed by atoms with Crippen LogP contribution in [0.1, 0.15) is 11.1 Å². The number of nitrogens with one attached hydrogen (secondary N) is 1. The van der Waals surface area contributed by atoms with Gasteiger partial charge in [0.15, 0.2) is 0 Å². The highest BCUT2D eigenvalue weighted by Crippen LogP contribution is 2.24. The zero-order chi connectivity index (χ0) is 13.0. The molecule has 0 saturated carbocycles. The second kappa shape index (κ2) is 5.91. The number of aryl methyl sites for hydroxylation is 1. The minimum Gasteiger partial charge on any atom is -0.496 e. The number of halogens is 1. The van der Waals surface area contributed by atoms with E-state index in [4.69, 9.17) is 4.74 Å². The van der Waals surface area contributed by atoms with Gasteiger partial charge in [0.2, 0.25) is 0 Å². The van der Waals surface area contributed by atoms with Crippen molar-refractivity contribution in [2.75, 3.05) is 12.4 Å². The monoisotopic (exact) mass is 305 g/mol. The van der Waals surface area contributed by atoms with Gasteiger partial charge in [0.1, 0.15) is 5.75 Å². The number of anilines is 1. The van der Waals surface area contributed by atoms with Crippen LogP contribution in [0.5, 0.6) is 5.75 Å². The van der Waals surface area contributed by atoms with Crippen molar-refractivity contribution < 1.29 is 4.74 Å². The minimum atomic E-state index is 0.742. The Labute approximate surface area is 116 Å². The lowest BCUT2D eigenvalue weighted by Gasteiger charge is -2.11. The maximum absolute atomic E-state index is 5.35. The van der Waals surface area contributed by atoms with E-state index in [1.54, 1.807) is 7.11 Å². The van der Waals surface area contributed by atoms with Crippen LogP contribution in [0.4, 0.5) is 5.69 Å². The molecule has 0 aliphatic carbocycles. The largest absolute Gasteiger partial charge is 0.496 e. The summed E-state index contributed by atoms with van der Waals surface area (Å²) in [4.78, 5) is 0. The lowest BCUT2D eigenvalue weighted by Crippen LogP contribution is -2.01. The topological polar surface area (TPSA) is 21.3 Å². The van der Waals surface area contributed by atoms with Crippen LogP contribution >= 0.6 is 15.9 Å². The summed E-state index contributed by atoms with van der Waals surface area (Å²) >= 11 is 3.48. The first-order valence-corrected chi connectivity index (χ1v) is 6.61. The molecule has 0 atom stereocenters. The van der Waals surface area contributed by atoms with Crippen LogP contribution in [0, 0.1) is 6.92 Å². The Hall–Kier alpha value is -1.48. The van der Waals surface area contributed by atoms with E-state index in [0.29, 0.717) is 0 Å². The molecule has 0 saturated heterocycles. The second-order valence-electron chi connectivity index (χ2n) is 4.18.